The predicted molar refractivity (Wildman–Crippen MR) is 516 cm³/mol. The summed E-state index contributed by atoms with van der Waals surface area (Å²) in [5.74, 6) is -1.12. The van der Waals surface area contributed by atoms with Gasteiger partial charge in [-0.05, 0) is 218 Å². The van der Waals surface area contributed by atoms with Crippen LogP contribution in [0.2, 0.25) is 0 Å². The Bertz CT molecular complexity index is 8150. The second-order valence-corrected chi connectivity index (χ2v) is 35.2. The molecule has 1 aliphatic carbocycles. The second kappa shape index (κ2) is 27.4. The molecule has 24 rings (SSSR count). The number of hydrogen-bond acceptors (Lipinski definition) is 3. The number of rotatable bonds is 11. The first-order valence-corrected chi connectivity index (χ1v) is 42.3. The summed E-state index contributed by atoms with van der Waals surface area (Å²) in [4.78, 5) is 5.11. The third kappa shape index (κ3) is 11.2. The van der Waals surface area contributed by atoms with Crippen LogP contribution < -0.4 is 26.2 Å². The lowest BCUT2D eigenvalue weighted by Crippen LogP contribution is -2.61. The number of para-hydroxylation sites is 3. The van der Waals surface area contributed by atoms with Crippen LogP contribution in [-0.2, 0) is 10.8 Å². The fraction of sp³-hybridized carbons (Fsp3) is 0.0769. The molecule has 5 heterocycles. The zero-order valence-corrected chi connectivity index (χ0v) is 68.3. The topological polar surface area (TPSA) is 24.0 Å². The van der Waals surface area contributed by atoms with Crippen molar-refractivity contribution in [1.29, 1.82) is 0 Å². The summed E-state index contributed by atoms with van der Waals surface area (Å²) in [6.07, 6.45) is 0. The lowest BCUT2D eigenvalue weighted by molar-refractivity contribution is 0.590. The van der Waals surface area contributed by atoms with Crippen molar-refractivity contribution in [3.8, 4) is 100 Å². The number of nitrogens with zero attached hydrogens (tertiary/aromatic N) is 3. The van der Waals surface area contributed by atoms with E-state index in [0.29, 0.717) is 5.56 Å². The molecule has 5 heteroatoms. The fourth-order valence-corrected chi connectivity index (χ4v) is 20.2. The van der Waals surface area contributed by atoms with Gasteiger partial charge in [-0.15, -0.1) is 0 Å². The standard InChI is InChI=1S/C117H84BN3O/c1-116(2,3)85-54-46-72(47-55-85)82-64-95(74-28-11-7-12-29-74)114(96(65-82)75-30-13-8-14-31-75)120-105-68-80(78-53-61-110-100(63-78)90-39-24-26-45-109(90)122-110)50-58-101(105)118-102-59-51-81(111-91-40-21-19-36-87(91)88-37-20-22-41-92(88)111)69-106(102)121(115-97(76-32-15-9-16-33-76)66-83(67-98(115)77-34-17-10-18-35-77)73-48-56-86(57-49-73)117(4,5)6)108-71-84(70-107(120)112(108)118)79-52-60-104-99(62-79)94-43-27-42-93-89-38-23-25-44-103(89)119(104)113(93)94/h7-71,111H,1-6H3/i19D,20D,21D,22D,36D,37D,40D,41D. The molecule has 0 radical (unpaired) electrons. The molecule has 122 heavy (non-hydrogen) atoms. The summed E-state index contributed by atoms with van der Waals surface area (Å²) in [7, 11) is 0. The Balaban J connectivity index is 0.883. The molecule has 0 atom stereocenters. The van der Waals surface area contributed by atoms with E-state index < -0.39 is 36.8 Å². The highest BCUT2D eigenvalue weighted by atomic mass is 16.3. The van der Waals surface area contributed by atoms with Gasteiger partial charge >= 0.3 is 0 Å². The van der Waals surface area contributed by atoms with Crippen molar-refractivity contribution in [3.63, 3.8) is 0 Å². The van der Waals surface area contributed by atoms with Crippen LogP contribution in [0.15, 0.2) is 399 Å². The van der Waals surface area contributed by atoms with Crippen LogP contribution in [0.5, 0.6) is 0 Å². The van der Waals surface area contributed by atoms with Gasteiger partial charge in [0.05, 0.1) is 38.9 Å². The highest BCUT2D eigenvalue weighted by Gasteiger charge is 2.47. The fourth-order valence-electron chi connectivity index (χ4n) is 20.2. The molecule has 0 fully saturated rings. The number of aromatic nitrogens is 1. The molecule has 0 saturated heterocycles. The summed E-state index contributed by atoms with van der Waals surface area (Å²) in [5.41, 5.74) is 32.5. The van der Waals surface area contributed by atoms with Crippen molar-refractivity contribution in [2.75, 3.05) is 9.80 Å². The minimum atomic E-state index is -1.12. The molecule has 0 N–H and O–H groups in total. The van der Waals surface area contributed by atoms with Crippen LogP contribution in [0.4, 0.5) is 34.1 Å². The molecular weight excluding hydrogens is 1470 g/mol. The average Bonchev–Trinajstić information content (AvgIpc) is 0.756. The maximum atomic E-state index is 10.1. The van der Waals surface area contributed by atoms with E-state index in [1.165, 1.54) is 27.4 Å². The molecule has 0 spiro atoms. The van der Waals surface area contributed by atoms with Crippen molar-refractivity contribution >= 4 is 117 Å². The molecule has 18 aromatic carbocycles. The van der Waals surface area contributed by atoms with Crippen molar-refractivity contribution in [2.45, 2.75) is 58.3 Å². The summed E-state index contributed by atoms with van der Waals surface area (Å²) >= 11 is 0. The molecule has 21 aromatic rings. The largest absolute Gasteiger partial charge is 0.456 e. The van der Waals surface area contributed by atoms with E-state index >= 15 is 0 Å². The molecule has 0 amide bonds. The van der Waals surface area contributed by atoms with E-state index in [0.717, 1.165) is 183 Å². The lowest BCUT2D eigenvalue weighted by Gasteiger charge is -2.46. The Morgan fingerprint density at radius 3 is 1.22 bits per heavy atom. The van der Waals surface area contributed by atoms with Crippen molar-refractivity contribution in [1.82, 2.24) is 4.40 Å². The first-order valence-electron chi connectivity index (χ1n) is 46.3. The average molecular weight is 1570 g/mol. The van der Waals surface area contributed by atoms with Gasteiger partial charge in [-0.2, -0.15) is 0 Å². The van der Waals surface area contributed by atoms with Crippen molar-refractivity contribution < 1.29 is 15.4 Å². The third-order valence-electron chi connectivity index (χ3n) is 26.1. The second-order valence-electron chi connectivity index (χ2n) is 35.2. The summed E-state index contributed by atoms with van der Waals surface area (Å²) < 4.78 is 86.4. The number of anilines is 6. The van der Waals surface area contributed by atoms with Crippen molar-refractivity contribution in [2.24, 2.45) is 0 Å². The van der Waals surface area contributed by atoms with Crippen molar-refractivity contribution in [3.05, 3.63) is 422 Å². The molecular formula is C117H84BN3O. The molecule has 3 aliphatic rings. The van der Waals surface area contributed by atoms with Gasteiger partial charge in [0.2, 0.25) is 0 Å². The van der Waals surface area contributed by atoms with Crippen LogP contribution in [0, 0.1) is 0 Å². The van der Waals surface area contributed by atoms with Gasteiger partial charge in [0.15, 0.2) is 0 Å². The van der Waals surface area contributed by atoms with E-state index in [-0.39, 0.29) is 57.3 Å². The van der Waals surface area contributed by atoms with E-state index in [4.69, 9.17) is 4.42 Å². The maximum absolute atomic E-state index is 10.1. The van der Waals surface area contributed by atoms with Gasteiger partial charge in [-0.25, -0.2) is 0 Å². The van der Waals surface area contributed by atoms with E-state index in [1.807, 2.05) is 12.1 Å². The Morgan fingerprint density at radius 1 is 0.287 bits per heavy atom. The quantitative estimate of drug-likeness (QED) is 0.121. The first kappa shape index (κ1) is 63.3. The summed E-state index contributed by atoms with van der Waals surface area (Å²) in [5, 5.41) is 6.66. The van der Waals surface area contributed by atoms with E-state index in [2.05, 4.69) is 389 Å². The van der Waals surface area contributed by atoms with Crippen LogP contribution in [-0.4, -0.2) is 11.1 Å². The van der Waals surface area contributed by atoms with Gasteiger partial charge in [-0.1, -0.05) is 351 Å². The number of benzene rings is 18. The predicted octanol–water partition coefficient (Wildman–Crippen LogP) is 29.9. The number of fused-ring (bicyclic) bond motifs is 16. The molecule has 0 unspecified atom stereocenters. The Morgan fingerprint density at radius 2 is 0.680 bits per heavy atom. The van der Waals surface area contributed by atoms with Crippen LogP contribution >= 0.6 is 0 Å². The zero-order chi connectivity index (χ0) is 88.3. The normalized spacial score (nSPS) is 14.0. The van der Waals surface area contributed by atoms with Crippen LogP contribution in [0.1, 0.15) is 86.2 Å². The third-order valence-corrected chi connectivity index (χ3v) is 26.1. The minimum Gasteiger partial charge on any atom is -0.456 e. The Hall–Kier alpha value is -14.8. The van der Waals surface area contributed by atoms with E-state index in [1.54, 1.807) is 0 Å². The Kier molecular flexibility index (Phi) is 14.2. The Labute approximate surface area is 722 Å². The van der Waals surface area contributed by atoms with Gasteiger partial charge in [0.1, 0.15) is 11.2 Å². The highest BCUT2D eigenvalue weighted by molar-refractivity contribution is 7.00. The highest BCUT2D eigenvalue weighted by Crippen LogP contribution is 2.58. The molecule has 3 aromatic heterocycles. The van der Waals surface area contributed by atoms with Gasteiger partial charge in [-0.3, -0.25) is 0 Å². The molecule has 0 saturated carbocycles. The smallest absolute Gasteiger partial charge is 0.252 e. The lowest BCUT2D eigenvalue weighted by atomic mass is 9.33. The summed E-state index contributed by atoms with van der Waals surface area (Å²) in [6.45, 7) is 13.0. The van der Waals surface area contributed by atoms with Gasteiger partial charge < -0.3 is 18.6 Å². The van der Waals surface area contributed by atoms with Crippen LogP contribution in [0.3, 0.4) is 0 Å². The zero-order valence-electron chi connectivity index (χ0n) is 76.3. The van der Waals surface area contributed by atoms with Gasteiger partial charge in [0, 0.05) is 83.2 Å². The molecule has 2 aliphatic heterocycles. The number of furan rings is 1. The maximum Gasteiger partial charge on any atom is 0.252 e. The minimum absolute atomic E-state index is 0.0657. The number of hydrogen-bond donors (Lipinski definition) is 0. The monoisotopic (exact) mass is 1570 g/mol. The first-order chi connectivity index (χ1) is 63.1. The van der Waals surface area contributed by atoms with Gasteiger partial charge in [0.25, 0.3) is 6.71 Å². The summed E-state index contributed by atoms with van der Waals surface area (Å²) in [6, 6.07) is 123. The van der Waals surface area contributed by atoms with E-state index in [9.17, 15) is 11.0 Å². The molecule has 576 valence electrons. The van der Waals surface area contributed by atoms with Crippen LogP contribution in [0.25, 0.3) is 160 Å². The SMILES string of the molecule is [2H]c1c([2H])c([2H])c2c(c1[2H])-c1c([2H])c([2H])c([2H])c([2H])c1C2c1ccc2c(c1)N(c1c(-c3ccccc3)cc(-c3ccc(C(C)(C)C)cc3)cc1-c1ccccc1)c1cc(-c3ccc4c(c3)c3cccc5c6ccccc6n4c53)cc3c1B2c1ccc(-c2ccc4oc5ccccc5c4c2)cc1N3c1c(-c2ccccc2)cc(-c2ccc(C(C)(C)C)cc2)cc1-c1ccccc1. The molecule has 4 nitrogen and oxygen atoms in total. The molecule has 0 bridgehead atoms.